The number of benzene rings is 1. The largest absolute Gasteiger partial charge is 0.434 e. The van der Waals surface area contributed by atoms with Crippen LogP contribution in [0.4, 0.5) is 8.78 Å². The third kappa shape index (κ3) is 4.12. The van der Waals surface area contributed by atoms with Gasteiger partial charge in [-0.25, -0.2) is 0 Å². The lowest BCUT2D eigenvalue weighted by atomic mass is 9.93. The molecule has 0 saturated heterocycles. The summed E-state index contributed by atoms with van der Waals surface area (Å²) in [6, 6.07) is 5.77. The van der Waals surface area contributed by atoms with Crippen LogP contribution in [0.2, 0.25) is 0 Å². The molecule has 1 atom stereocenters. The average molecular weight is 383 g/mol. The number of allylic oxidation sites excluding steroid dienone is 1. The van der Waals surface area contributed by atoms with E-state index in [0.717, 1.165) is 6.42 Å². The second-order valence-corrected chi connectivity index (χ2v) is 6.54. The van der Waals surface area contributed by atoms with E-state index in [0.29, 0.717) is 28.5 Å². The number of para-hydroxylation sites is 1. The normalized spacial score (nSPS) is 17.4. The smallest absolute Gasteiger partial charge is 0.387 e. The van der Waals surface area contributed by atoms with Crippen molar-refractivity contribution in [3.05, 3.63) is 41.1 Å². The number of alkyl halides is 2. The first-order chi connectivity index (χ1) is 12.3. The lowest BCUT2D eigenvalue weighted by Gasteiger charge is -2.38. The Labute approximate surface area is 157 Å². The lowest BCUT2D eigenvalue weighted by molar-refractivity contribution is -0.125. The van der Waals surface area contributed by atoms with Gasteiger partial charge in [-0.2, -0.15) is 8.78 Å². The summed E-state index contributed by atoms with van der Waals surface area (Å²) in [4.78, 5) is 16.2. The first-order valence-electron chi connectivity index (χ1n) is 8.32. The fourth-order valence-electron chi connectivity index (χ4n) is 2.95. The van der Waals surface area contributed by atoms with Gasteiger partial charge in [0, 0.05) is 31.9 Å². The second kappa shape index (κ2) is 8.44. The number of likely N-dealkylation sites (N-methyl/N-ethyl adjacent to an activating group) is 1. The summed E-state index contributed by atoms with van der Waals surface area (Å²) in [5, 5.41) is 3.58. The molecule has 8 heteroatoms. The lowest BCUT2D eigenvalue weighted by Crippen LogP contribution is -2.49. The maximum Gasteiger partial charge on any atom is 0.387 e. The summed E-state index contributed by atoms with van der Waals surface area (Å²) in [7, 11) is 3.30. The summed E-state index contributed by atoms with van der Waals surface area (Å²) in [6.45, 7) is 1.54. The molecule has 1 aliphatic heterocycles. The third-order valence-electron chi connectivity index (χ3n) is 4.13. The van der Waals surface area contributed by atoms with Crippen LogP contribution in [0.5, 0.6) is 5.75 Å². The van der Waals surface area contributed by atoms with E-state index in [9.17, 15) is 13.6 Å². The van der Waals surface area contributed by atoms with Gasteiger partial charge in [0.25, 0.3) is 5.91 Å². The second-order valence-electron chi connectivity index (χ2n) is 6.15. The Balaban J connectivity index is 2.59. The van der Waals surface area contributed by atoms with Gasteiger partial charge >= 0.3 is 6.61 Å². The standard InChI is InChI=1S/C18H23F2N3O2S/c1-5-10-23-11(2)14(16(24)22(3)4)15(21-18(23)26)12-8-6-7-9-13(12)25-17(19)20/h6-9,15,17H,5,10H2,1-4H3,(H,21,26). The van der Waals surface area contributed by atoms with Crippen molar-refractivity contribution >= 4 is 23.2 Å². The number of halogens is 2. The van der Waals surface area contributed by atoms with Crippen molar-refractivity contribution in [2.75, 3.05) is 20.6 Å². The van der Waals surface area contributed by atoms with Gasteiger partial charge in [-0.1, -0.05) is 25.1 Å². The molecule has 2 rings (SSSR count). The van der Waals surface area contributed by atoms with E-state index < -0.39 is 12.7 Å². The summed E-state index contributed by atoms with van der Waals surface area (Å²) in [6.07, 6.45) is 0.846. The van der Waals surface area contributed by atoms with E-state index in [2.05, 4.69) is 10.1 Å². The highest BCUT2D eigenvalue weighted by atomic mass is 32.1. The minimum absolute atomic E-state index is 0.0172. The Bertz CT molecular complexity index is 722. The van der Waals surface area contributed by atoms with Crippen LogP contribution >= 0.6 is 12.2 Å². The van der Waals surface area contributed by atoms with Crippen LogP contribution in [0.3, 0.4) is 0 Å². The molecule has 1 amide bonds. The molecule has 1 aromatic rings. The predicted octanol–water partition coefficient (Wildman–Crippen LogP) is 3.29. The van der Waals surface area contributed by atoms with Crippen LogP contribution in [-0.2, 0) is 4.79 Å². The van der Waals surface area contributed by atoms with E-state index in [1.165, 1.54) is 11.0 Å². The molecule has 26 heavy (non-hydrogen) atoms. The quantitative estimate of drug-likeness (QED) is 0.764. The Morgan fingerprint density at radius 3 is 2.62 bits per heavy atom. The van der Waals surface area contributed by atoms with E-state index in [4.69, 9.17) is 12.2 Å². The van der Waals surface area contributed by atoms with Crippen LogP contribution in [0.15, 0.2) is 35.5 Å². The van der Waals surface area contributed by atoms with Gasteiger partial charge in [-0.05, 0) is 31.6 Å². The Morgan fingerprint density at radius 2 is 2.04 bits per heavy atom. The van der Waals surface area contributed by atoms with Crippen LogP contribution in [0, 0.1) is 0 Å². The fourth-order valence-corrected chi connectivity index (χ4v) is 3.29. The Kier molecular flexibility index (Phi) is 6.52. The van der Waals surface area contributed by atoms with Crippen molar-refractivity contribution in [2.45, 2.75) is 32.9 Å². The van der Waals surface area contributed by atoms with E-state index >= 15 is 0 Å². The Morgan fingerprint density at radius 1 is 1.38 bits per heavy atom. The van der Waals surface area contributed by atoms with Crippen LogP contribution in [0.25, 0.3) is 0 Å². The van der Waals surface area contributed by atoms with Crippen LogP contribution in [0.1, 0.15) is 31.9 Å². The van der Waals surface area contributed by atoms with Gasteiger partial charge in [0.2, 0.25) is 0 Å². The number of nitrogens with one attached hydrogen (secondary N) is 1. The molecule has 1 N–H and O–H groups in total. The van der Waals surface area contributed by atoms with Gasteiger partial charge in [0.05, 0.1) is 11.6 Å². The highest BCUT2D eigenvalue weighted by molar-refractivity contribution is 7.80. The number of nitrogens with zero attached hydrogens (tertiary/aromatic N) is 2. The average Bonchev–Trinajstić information content (AvgIpc) is 2.57. The molecule has 0 aromatic heterocycles. The maximum atomic E-state index is 12.9. The molecule has 1 aromatic carbocycles. The highest BCUT2D eigenvalue weighted by Crippen LogP contribution is 2.36. The summed E-state index contributed by atoms with van der Waals surface area (Å²) >= 11 is 5.45. The van der Waals surface area contributed by atoms with Crippen molar-refractivity contribution in [3.8, 4) is 5.75 Å². The van der Waals surface area contributed by atoms with Crippen molar-refractivity contribution in [1.82, 2.24) is 15.1 Å². The molecule has 0 fully saturated rings. The van der Waals surface area contributed by atoms with Gasteiger partial charge in [-0.15, -0.1) is 0 Å². The molecule has 0 spiro atoms. The fraction of sp³-hybridized carbons (Fsp3) is 0.444. The number of ether oxygens (including phenoxy) is 1. The van der Waals surface area contributed by atoms with Crippen molar-refractivity contribution in [2.24, 2.45) is 0 Å². The van der Waals surface area contributed by atoms with Gasteiger partial charge in [-0.3, -0.25) is 4.79 Å². The summed E-state index contributed by atoms with van der Waals surface area (Å²) in [5.74, 6) is -0.195. The topological polar surface area (TPSA) is 44.8 Å². The number of hydrogen-bond donors (Lipinski definition) is 1. The zero-order valence-corrected chi connectivity index (χ0v) is 16.1. The minimum Gasteiger partial charge on any atom is -0.434 e. The number of carbonyl (C=O) groups is 1. The molecule has 0 radical (unpaired) electrons. The van der Waals surface area contributed by atoms with E-state index in [-0.39, 0.29) is 11.7 Å². The minimum atomic E-state index is -2.96. The molecule has 142 valence electrons. The summed E-state index contributed by atoms with van der Waals surface area (Å²) in [5.41, 5.74) is 1.62. The number of amides is 1. The molecule has 0 bridgehead atoms. The van der Waals surface area contributed by atoms with E-state index in [1.807, 2.05) is 18.7 Å². The van der Waals surface area contributed by atoms with Crippen LogP contribution < -0.4 is 10.1 Å². The number of thiocarbonyl (C=S) groups is 1. The number of carbonyl (C=O) groups excluding carboxylic acids is 1. The zero-order valence-electron chi connectivity index (χ0n) is 15.3. The van der Waals surface area contributed by atoms with Crippen LogP contribution in [-0.4, -0.2) is 48.1 Å². The third-order valence-corrected chi connectivity index (χ3v) is 4.46. The number of hydrogen-bond acceptors (Lipinski definition) is 3. The van der Waals surface area contributed by atoms with Gasteiger partial charge < -0.3 is 19.9 Å². The van der Waals surface area contributed by atoms with E-state index in [1.54, 1.807) is 32.3 Å². The molecule has 0 aliphatic carbocycles. The predicted molar refractivity (Wildman–Crippen MR) is 99.9 cm³/mol. The zero-order chi connectivity index (χ0) is 19.4. The first kappa shape index (κ1) is 20.1. The molecule has 1 unspecified atom stereocenters. The van der Waals surface area contributed by atoms with Crippen molar-refractivity contribution in [1.29, 1.82) is 0 Å². The molecule has 0 saturated carbocycles. The SMILES string of the molecule is CCCN1C(=S)NC(c2ccccc2OC(F)F)C(C(=O)N(C)C)=C1C. The molecule has 5 nitrogen and oxygen atoms in total. The molecule has 1 aliphatic rings. The van der Waals surface area contributed by atoms with Crippen molar-refractivity contribution < 1.29 is 18.3 Å². The molecule has 1 heterocycles. The van der Waals surface area contributed by atoms with Gasteiger partial charge in [0.15, 0.2) is 5.11 Å². The van der Waals surface area contributed by atoms with Gasteiger partial charge in [0.1, 0.15) is 5.75 Å². The summed E-state index contributed by atoms with van der Waals surface area (Å²) < 4.78 is 30.3. The molecular weight excluding hydrogens is 360 g/mol. The highest BCUT2D eigenvalue weighted by Gasteiger charge is 2.35. The number of rotatable bonds is 6. The molecular formula is C18H23F2N3O2S. The first-order valence-corrected chi connectivity index (χ1v) is 8.72. The van der Waals surface area contributed by atoms with Crippen molar-refractivity contribution in [3.63, 3.8) is 0 Å². The maximum absolute atomic E-state index is 12.9. The monoisotopic (exact) mass is 383 g/mol. The Hall–Kier alpha value is -2.22.